The van der Waals surface area contributed by atoms with Crippen LogP contribution in [0, 0.1) is 0 Å². The Bertz CT molecular complexity index is 400. The predicted molar refractivity (Wildman–Crippen MR) is 61.8 cm³/mol. The van der Waals surface area contributed by atoms with Crippen LogP contribution in [0.1, 0.15) is 10.4 Å². The number of amides is 1. The molecule has 92 valence electrons. The molecule has 0 spiro atoms. The Balaban J connectivity index is 2.54. The van der Waals surface area contributed by atoms with Gasteiger partial charge in [0.1, 0.15) is 0 Å². The van der Waals surface area contributed by atoms with E-state index < -0.39 is 18.5 Å². The maximum absolute atomic E-state index is 11.5. The molecule has 0 radical (unpaired) electrons. The highest BCUT2D eigenvalue weighted by atomic mass is 16.7. The molecule has 1 amide bonds. The smallest absolute Gasteiger partial charge is 0.332 e. The molecule has 0 saturated heterocycles. The molecule has 0 unspecified atom stereocenters. The fourth-order valence-electron chi connectivity index (χ4n) is 1.13. The van der Waals surface area contributed by atoms with Crippen molar-refractivity contribution >= 4 is 17.6 Å². The maximum atomic E-state index is 11.5. The van der Waals surface area contributed by atoms with Crippen LogP contribution in [-0.2, 0) is 9.63 Å². The van der Waals surface area contributed by atoms with E-state index in [2.05, 4.69) is 4.84 Å². The van der Waals surface area contributed by atoms with E-state index in [1.165, 1.54) is 0 Å². The lowest BCUT2D eigenvalue weighted by atomic mass is 10.2. The highest BCUT2D eigenvalue weighted by Gasteiger charge is 2.06. The van der Waals surface area contributed by atoms with Gasteiger partial charge < -0.3 is 10.0 Å². The average molecular weight is 238 g/mol. The molecule has 0 heterocycles. The largest absolute Gasteiger partial charge is 0.479 e. The first-order valence-corrected chi connectivity index (χ1v) is 4.92. The molecule has 1 aromatic carbocycles. The Labute approximate surface area is 98.8 Å². The molecule has 0 aliphatic heterocycles. The van der Waals surface area contributed by atoms with Crippen LogP contribution in [0.15, 0.2) is 24.3 Å². The Morgan fingerprint density at radius 3 is 2.35 bits per heavy atom. The van der Waals surface area contributed by atoms with Gasteiger partial charge in [-0.1, -0.05) is 0 Å². The topological polar surface area (TPSA) is 78.9 Å². The van der Waals surface area contributed by atoms with Crippen molar-refractivity contribution in [2.24, 2.45) is 0 Å². The highest BCUT2D eigenvalue weighted by Crippen LogP contribution is 2.11. The molecule has 1 aromatic rings. The molecular weight excluding hydrogens is 224 g/mol. The van der Waals surface area contributed by atoms with Gasteiger partial charge in [-0.05, 0) is 24.3 Å². The van der Waals surface area contributed by atoms with Crippen LogP contribution in [0.3, 0.4) is 0 Å². The minimum atomic E-state index is -1.15. The lowest BCUT2D eigenvalue weighted by Crippen LogP contribution is -2.26. The summed E-state index contributed by atoms with van der Waals surface area (Å²) >= 11 is 0. The summed E-state index contributed by atoms with van der Waals surface area (Å²) in [6, 6.07) is 6.84. The third-order valence-corrected chi connectivity index (χ3v) is 2.01. The van der Waals surface area contributed by atoms with Crippen LogP contribution >= 0.6 is 0 Å². The number of aliphatic carboxylic acids is 1. The van der Waals surface area contributed by atoms with Gasteiger partial charge in [-0.3, -0.25) is 9.63 Å². The van der Waals surface area contributed by atoms with Gasteiger partial charge >= 0.3 is 5.97 Å². The molecule has 6 nitrogen and oxygen atoms in total. The molecule has 0 aliphatic rings. The van der Waals surface area contributed by atoms with Crippen molar-refractivity contribution in [1.29, 1.82) is 0 Å². The van der Waals surface area contributed by atoms with E-state index in [0.29, 0.717) is 5.56 Å². The van der Waals surface area contributed by atoms with E-state index >= 15 is 0 Å². The van der Waals surface area contributed by atoms with Crippen molar-refractivity contribution in [3.05, 3.63) is 29.8 Å². The summed E-state index contributed by atoms with van der Waals surface area (Å²) in [5, 5.41) is 8.31. The standard InChI is InChI=1S/C11H14N2O4/c1-13(2)9-5-3-8(4-6-9)11(16)12-17-7-10(14)15/h3-6H,7H2,1-2H3,(H,12,16)(H,14,15). The van der Waals surface area contributed by atoms with Gasteiger partial charge in [0.2, 0.25) is 0 Å². The summed E-state index contributed by atoms with van der Waals surface area (Å²) in [5.74, 6) is -1.62. The van der Waals surface area contributed by atoms with Crippen molar-refractivity contribution in [1.82, 2.24) is 5.48 Å². The Morgan fingerprint density at radius 2 is 1.88 bits per heavy atom. The van der Waals surface area contributed by atoms with Crippen LogP contribution in [0.25, 0.3) is 0 Å². The van der Waals surface area contributed by atoms with Crippen LogP contribution < -0.4 is 10.4 Å². The molecule has 0 aliphatic carbocycles. The monoisotopic (exact) mass is 238 g/mol. The SMILES string of the molecule is CN(C)c1ccc(C(=O)NOCC(=O)O)cc1. The Kier molecular flexibility index (Phi) is 4.47. The summed E-state index contributed by atoms with van der Waals surface area (Å²) in [6.45, 7) is -0.568. The van der Waals surface area contributed by atoms with Gasteiger partial charge in [0.15, 0.2) is 6.61 Å². The number of rotatable bonds is 5. The van der Waals surface area contributed by atoms with Gasteiger partial charge in [-0.25, -0.2) is 10.3 Å². The number of carbonyl (C=O) groups excluding carboxylic acids is 1. The molecular formula is C11H14N2O4. The van der Waals surface area contributed by atoms with Crippen molar-refractivity contribution in [2.75, 3.05) is 25.6 Å². The Hall–Kier alpha value is -2.08. The van der Waals surface area contributed by atoms with E-state index in [0.717, 1.165) is 5.69 Å². The lowest BCUT2D eigenvalue weighted by molar-refractivity contribution is -0.144. The number of hydrogen-bond donors (Lipinski definition) is 2. The maximum Gasteiger partial charge on any atom is 0.332 e. The first-order valence-electron chi connectivity index (χ1n) is 4.92. The molecule has 2 N–H and O–H groups in total. The minimum absolute atomic E-state index is 0.404. The molecule has 0 saturated carbocycles. The van der Waals surface area contributed by atoms with Crippen LogP contribution in [0.2, 0.25) is 0 Å². The van der Waals surface area contributed by atoms with Crippen molar-refractivity contribution in [2.45, 2.75) is 0 Å². The summed E-state index contributed by atoms with van der Waals surface area (Å²) in [5.41, 5.74) is 3.42. The molecule has 0 bridgehead atoms. The Morgan fingerprint density at radius 1 is 1.29 bits per heavy atom. The lowest BCUT2D eigenvalue weighted by Gasteiger charge is -2.12. The zero-order valence-electron chi connectivity index (χ0n) is 9.64. The van der Waals surface area contributed by atoms with Crippen LogP contribution in [-0.4, -0.2) is 37.7 Å². The number of carboxylic acids is 1. The summed E-state index contributed by atoms with van der Waals surface area (Å²) in [6.07, 6.45) is 0. The second-order valence-corrected chi connectivity index (χ2v) is 3.55. The van der Waals surface area contributed by atoms with E-state index in [1.54, 1.807) is 24.3 Å². The van der Waals surface area contributed by atoms with Crippen LogP contribution in [0.5, 0.6) is 0 Å². The fourth-order valence-corrected chi connectivity index (χ4v) is 1.13. The van der Waals surface area contributed by atoms with Crippen LogP contribution in [0.4, 0.5) is 5.69 Å². The third kappa shape index (κ3) is 4.12. The minimum Gasteiger partial charge on any atom is -0.479 e. The van der Waals surface area contributed by atoms with E-state index in [1.807, 2.05) is 24.5 Å². The number of anilines is 1. The number of nitrogens with one attached hydrogen (secondary N) is 1. The number of carboxylic acid groups (broad SMARTS) is 1. The van der Waals surface area contributed by atoms with Gasteiger partial charge in [-0.2, -0.15) is 0 Å². The zero-order valence-corrected chi connectivity index (χ0v) is 9.64. The molecule has 0 fully saturated rings. The number of benzene rings is 1. The second-order valence-electron chi connectivity index (χ2n) is 3.55. The van der Waals surface area contributed by atoms with E-state index in [9.17, 15) is 9.59 Å². The van der Waals surface area contributed by atoms with E-state index in [4.69, 9.17) is 5.11 Å². The van der Waals surface area contributed by atoms with E-state index in [-0.39, 0.29) is 0 Å². The number of hydrogen-bond acceptors (Lipinski definition) is 4. The predicted octanol–water partition coefficient (Wildman–Crippen LogP) is 0.499. The number of hydroxylamine groups is 1. The first kappa shape index (κ1) is 13.0. The number of carbonyl (C=O) groups is 2. The molecule has 0 aromatic heterocycles. The first-order chi connectivity index (χ1) is 8.00. The summed E-state index contributed by atoms with van der Waals surface area (Å²) < 4.78 is 0. The van der Waals surface area contributed by atoms with Crippen molar-refractivity contribution < 1.29 is 19.5 Å². The molecule has 17 heavy (non-hydrogen) atoms. The van der Waals surface area contributed by atoms with Crippen molar-refractivity contribution in [3.8, 4) is 0 Å². The van der Waals surface area contributed by atoms with Crippen molar-refractivity contribution in [3.63, 3.8) is 0 Å². The third-order valence-electron chi connectivity index (χ3n) is 2.01. The fraction of sp³-hybridized carbons (Fsp3) is 0.273. The highest BCUT2D eigenvalue weighted by molar-refractivity contribution is 5.93. The average Bonchev–Trinajstić information content (AvgIpc) is 2.28. The molecule has 6 heteroatoms. The van der Waals surface area contributed by atoms with Gasteiger partial charge in [0.25, 0.3) is 5.91 Å². The van der Waals surface area contributed by atoms with Gasteiger partial charge in [0.05, 0.1) is 0 Å². The molecule has 0 atom stereocenters. The zero-order chi connectivity index (χ0) is 12.8. The van der Waals surface area contributed by atoms with Gasteiger partial charge in [-0.15, -0.1) is 0 Å². The molecule has 1 rings (SSSR count). The second kappa shape index (κ2) is 5.86. The number of nitrogens with zero attached hydrogens (tertiary/aromatic N) is 1. The quantitative estimate of drug-likeness (QED) is 0.730. The normalized spacial score (nSPS) is 9.76. The van der Waals surface area contributed by atoms with Gasteiger partial charge in [0, 0.05) is 25.3 Å². The summed E-state index contributed by atoms with van der Waals surface area (Å²) in [4.78, 5) is 28.0. The summed E-state index contributed by atoms with van der Waals surface area (Å²) in [7, 11) is 3.79.